The molecule has 0 bridgehead atoms. The van der Waals surface area contributed by atoms with Gasteiger partial charge in [0.15, 0.2) is 5.65 Å². The highest BCUT2D eigenvalue weighted by Crippen LogP contribution is 2.33. The van der Waals surface area contributed by atoms with E-state index in [0.29, 0.717) is 0 Å². The van der Waals surface area contributed by atoms with Gasteiger partial charge in [-0.15, -0.1) is 0 Å². The lowest BCUT2D eigenvalue weighted by Crippen LogP contribution is -2.35. The van der Waals surface area contributed by atoms with Crippen molar-refractivity contribution in [3.8, 4) is 0 Å². The van der Waals surface area contributed by atoms with E-state index in [0.717, 1.165) is 35.9 Å². The van der Waals surface area contributed by atoms with Crippen molar-refractivity contribution in [1.82, 2.24) is 24.3 Å². The number of fused-ring (bicyclic) bond motifs is 2. The summed E-state index contributed by atoms with van der Waals surface area (Å²) >= 11 is 0. The maximum absolute atomic E-state index is 4.58. The number of hydrogen-bond acceptors (Lipinski definition) is 4. The molecule has 24 heavy (non-hydrogen) atoms. The van der Waals surface area contributed by atoms with E-state index in [1.807, 2.05) is 18.5 Å². The number of aromatic amines is 1. The number of anilines is 1. The SMILES string of the molecule is c1ccc(C2CN(c3cncc4nccn34)Cc3[nH]cnc32)cc1. The normalized spacial score (nSPS) is 17.2. The summed E-state index contributed by atoms with van der Waals surface area (Å²) in [5, 5.41) is 0. The summed E-state index contributed by atoms with van der Waals surface area (Å²) in [7, 11) is 0. The fourth-order valence-electron chi connectivity index (χ4n) is 3.51. The molecule has 0 aliphatic carbocycles. The summed E-state index contributed by atoms with van der Waals surface area (Å²) in [6.45, 7) is 1.65. The van der Waals surface area contributed by atoms with E-state index in [2.05, 4.69) is 53.5 Å². The van der Waals surface area contributed by atoms with Gasteiger partial charge in [0.05, 0.1) is 36.7 Å². The van der Waals surface area contributed by atoms with Crippen LogP contribution in [-0.4, -0.2) is 30.9 Å². The highest BCUT2D eigenvalue weighted by Gasteiger charge is 2.29. The lowest BCUT2D eigenvalue weighted by atomic mass is 9.91. The van der Waals surface area contributed by atoms with Gasteiger partial charge in [-0.2, -0.15) is 0 Å². The summed E-state index contributed by atoms with van der Waals surface area (Å²) in [6.07, 6.45) is 9.26. The molecule has 4 heterocycles. The van der Waals surface area contributed by atoms with Gasteiger partial charge < -0.3 is 9.88 Å². The van der Waals surface area contributed by atoms with Gasteiger partial charge in [-0.1, -0.05) is 30.3 Å². The number of hydrogen-bond donors (Lipinski definition) is 1. The minimum Gasteiger partial charge on any atom is -0.350 e. The number of benzene rings is 1. The smallest absolute Gasteiger partial charge is 0.156 e. The molecule has 0 spiro atoms. The first-order valence-corrected chi connectivity index (χ1v) is 7.99. The summed E-state index contributed by atoms with van der Waals surface area (Å²) in [5.41, 5.74) is 4.44. The first-order chi connectivity index (χ1) is 11.9. The minimum absolute atomic E-state index is 0.236. The number of H-pyrrole nitrogens is 1. The minimum atomic E-state index is 0.236. The van der Waals surface area contributed by atoms with Crippen molar-refractivity contribution >= 4 is 11.5 Å². The molecular weight excluding hydrogens is 300 g/mol. The van der Waals surface area contributed by atoms with Crippen LogP contribution in [0.4, 0.5) is 5.82 Å². The van der Waals surface area contributed by atoms with Gasteiger partial charge in [0.2, 0.25) is 0 Å². The average Bonchev–Trinajstić information content (AvgIpc) is 3.30. The van der Waals surface area contributed by atoms with Crippen molar-refractivity contribution in [3.63, 3.8) is 0 Å². The quantitative estimate of drug-likeness (QED) is 0.617. The van der Waals surface area contributed by atoms with E-state index in [9.17, 15) is 0 Å². The highest BCUT2D eigenvalue weighted by molar-refractivity contribution is 5.51. The second kappa shape index (κ2) is 5.19. The molecule has 1 N–H and O–H groups in total. The molecule has 1 aliphatic rings. The lowest BCUT2D eigenvalue weighted by Gasteiger charge is -2.33. The summed E-state index contributed by atoms with van der Waals surface area (Å²) in [6, 6.07) is 10.6. The molecule has 1 atom stereocenters. The topological polar surface area (TPSA) is 62.1 Å². The molecule has 6 nitrogen and oxygen atoms in total. The Morgan fingerprint density at radius 2 is 2.00 bits per heavy atom. The van der Waals surface area contributed by atoms with Gasteiger partial charge in [-0.05, 0) is 5.56 Å². The Balaban J connectivity index is 1.61. The largest absolute Gasteiger partial charge is 0.350 e. The van der Waals surface area contributed by atoms with Crippen molar-refractivity contribution in [2.45, 2.75) is 12.5 Å². The third-order valence-electron chi connectivity index (χ3n) is 4.66. The second-order valence-corrected chi connectivity index (χ2v) is 6.03. The molecule has 0 radical (unpaired) electrons. The van der Waals surface area contributed by atoms with Crippen molar-refractivity contribution in [2.24, 2.45) is 0 Å². The summed E-state index contributed by atoms with van der Waals surface area (Å²) < 4.78 is 2.08. The molecule has 1 unspecified atom stereocenters. The standard InChI is InChI=1S/C18H16N6/c1-2-4-13(5-3-1)14-10-23(11-15-18(14)22-12-21-15)17-9-19-8-16-20-6-7-24(16)17/h1-9,12,14H,10-11H2,(H,21,22). The predicted octanol–water partition coefficient (Wildman–Crippen LogP) is 2.60. The lowest BCUT2D eigenvalue weighted by molar-refractivity contribution is 0.636. The van der Waals surface area contributed by atoms with Crippen LogP contribution in [0.15, 0.2) is 61.4 Å². The van der Waals surface area contributed by atoms with Crippen LogP contribution in [-0.2, 0) is 6.54 Å². The van der Waals surface area contributed by atoms with Crippen LogP contribution in [0, 0.1) is 0 Å². The number of rotatable bonds is 2. The Morgan fingerprint density at radius 3 is 2.92 bits per heavy atom. The van der Waals surface area contributed by atoms with E-state index in [4.69, 9.17) is 0 Å². The van der Waals surface area contributed by atoms with Gasteiger partial charge in [-0.3, -0.25) is 9.38 Å². The molecular formula is C18H16N6. The van der Waals surface area contributed by atoms with Gasteiger partial charge in [0, 0.05) is 24.9 Å². The van der Waals surface area contributed by atoms with Crippen LogP contribution < -0.4 is 4.90 Å². The number of nitrogens with zero attached hydrogens (tertiary/aromatic N) is 5. The van der Waals surface area contributed by atoms with Crippen LogP contribution in [0.25, 0.3) is 5.65 Å². The molecule has 0 fully saturated rings. The van der Waals surface area contributed by atoms with Crippen molar-refractivity contribution in [3.05, 3.63) is 78.4 Å². The number of imidazole rings is 2. The maximum Gasteiger partial charge on any atom is 0.156 e. The first-order valence-electron chi connectivity index (χ1n) is 7.99. The Labute approximate surface area is 138 Å². The Morgan fingerprint density at radius 1 is 1.08 bits per heavy atom. The van der Waals surface area contributed by atoms with Crippen molar-refractivity contribution in [2.75, 3.05) is 11.4 Å². The second-order valence-electron chi connectivity index (χ2n) is 6.03. The highest BCUT2D eigenvalue weighted by atomic mass is 15.3. The van der Waals surface area contributed by atoms with E-state index in [1.165, 1.54) is 5.56 Å². The molecule has 5 rings (SSSR count). The van der Waals surface area contributed by atoms with Gasteiger partial charge in [0.25, 0.3) is 0 Å². The van der Waals surface area contributed by atoms with Crippen LogP contribution in [0.2, 0.25) is 0 Å². The molecule has 0 saturated heterocycles. The molecule has 6 heteroatoms. The molecule has 0 saturated carbocycles. The molecule has 1 aromatic carbocycles. The van der Waals surface area contributed by atoms with E-state index < -0.39 is 0 Å². The molecule has 4 aromatic rings. The van der Waals surface area contributed by atoms with E-state index in [-0.39, 0.29) is 5.92 Å². The van der Waals surface area contributed by atoms with E-state index >= 15 is 0 Å². The van der Waals surface area contributed by atoms with Gasteiger partial charge in [0.1, 0.15) is 5.82 Å². The fraction of sp³-hybridized carbons (Fsp3) is 0.167. The Hall–Kier alpha value is -3.15. The van der Waals surface area contributed by atoms with Crippen molar-refractivity contribution in [1.29, 1.82) is 0 Å². The van der Waals surface area contributed by atoms with Crippen LogP contribution in [0.3, 0.4) is 0 Å². The maximum atomic E-state index is 4.58. The van der Waals surface area contributed by atoms with Crippen LogP contribution >= 0.6 is 0 Å². The Bertz CT molecular complexity index is 987. The zero-order valence-corrected chi connectivity index (χ0v) is 13.0. The first kappa shape index (κ1) is 13.3. The fourth-order valence-corrected chi connectivity index (χ4v) is 3.51. The predicted molar refractivity (Wildman–Crippen MR) is 90.9 cm³/mol. The summed E-state index contributed by atoms with van der Waals surface area (Å²) in [5.74, 6) is 1.28. The third kappa shape index (κ3) is 2.00. The molecule has 3 aromatic heterocycles. The summed E-state index contributed by atoms with van der Waals surface area (Å²) in [4.78, 5) is 18.9. The average molecular weight is 316 g/mol. The van der Waals surface area contributed by atoms with Gasteiger partial charge in [-0.25, -0.2) is 9.97 Å². The van der Waals surface area contributed by atoms with Gasteiger partial charge >= 0.3 is 0 Å². The Kier molecular flexibility index (Phi) is 2.88. The van der Waals surface area contributed by atoms with Crippen LogP contribution in [0.5, 0.6) is 0 Å². The molecule has 1 aliphatic heterocycles. The zero-order chi connectivity index (χ0) is 15.9. The van der Waals surface area contributed by atoms with Crippen LogP contribution in [0.1, 0.15) is 22.9 Å². The van der Waals surface area contributed by atoms with E-state index in [1.54, 1.807) is 18.7 Å². The zero-order valence-electron chi connectivity index (χ0n) is 13.0. The third-order valence-corrected chi connectivity index (χ3v) is 4.66. The molecule has 0 amide bonds. The molecule has 118 valence electrons. The monoisotopic (exact) mass is 316 g/mol. The number of nitrogens with one attached hydrogen (secondary N) is 1. The number of aromatic nitrogens is 5. The van der Waals surface area contributed by atoms with Crippen molar-refractivity contribution < 1.29 is 0 Å².